The fourth-order valence-electron chi connectivity index (χ4n) is 2.95. The molecule has 0 aliphatic carbocycles. The molecule has 0 saturated carbocycles. The molecule has 5 nitrogen and oxygen atoms in total. The minimum Gasteiger partial charge on any atom is -0.356 e. The first-order chi connectivity index (χ1) is 11.4. The smallest absolute Gasteiger partial charge is 0.223 e. The number of rotatable bonds is 6. The largest absolute Gasteiger partial charge is 0.356 e. The zero-order valence-corrected chi connectivity index (χ0v) is 15.8. The van der Waals surface area contributed by atoms with Gasteiger partial charge in [-0.05, 0) is 25.2 Å². The van der Waals surface area contributed by atoms with E-state index in [4.69, 9.17) is 9.97 Å². The lowest BCUT2D eigenvalue weighted by Gasteiger charge is -2.32. The van der Waals surface area contributed by atoms with E-state index in [1.165, 1.54) is 0 Å². The standard InChI is InChI=1S/C19H32N4O/c1-6-9-20-19(24)15-7-10-23(11-8-15)17-12-16(13(2)3)21-18(22-17)14(4)5/h12-15H,6-11H2,1-5H3,(H,20,24). The van der Waals surface area contributed by atoms with E-state index in [1.807, 2.05) is 0 Å². The molecule has 2 heterocycles. The molecule has 0 radical (unpaired) electrons. The normalized spacial score (nSPS) is 16.0. The Hall–Kier alpha value is -1.65. The summed E-state index contributed by atoms with van der Waals surface area (Å²) in [5, 5.41) is 3.02. The number of hydrogen-bond acceptors (Lipinski definition) is 4. The molecule has 5 heteroatoms. The van der Waals surface area contributed by atoms with Crippen LogP contribution in [0.15, 0.2) is 6.07 Å². The second kappa shape index (κ2) is 8.45. The SMILES string of the molecule is CCCNC(=O)C1CCN(c2cc(C(C)C)nc(C(C)C)n2)CC1. The van der Waals surface area contributed by atoms with Crippen molar-refractivity contribution >= 4 is 11.7 Å². The van der Waals surface area contributed by atoms with Crippen molar-refractivity contribution in [3.63, 3.8) is 0 Å². The summed E-state index contributed by atoms with van der Waals surface area (Å²) in [5.74, 6) is 3.00. The van der Waals surface area contributed by atoms with Gasteiger partial charge in [-0.2, -0.15) is 0 Å². The molecule has 1 saturated heterocycles. The summed E-state index contributed by atoms with van der Waals surface area (Å²) in [5.41, 5.74) is 1.10. The highest BCUT2D eigenvalue weighted by Gasteiger charge is 2.26. The van der Waals surface area contributed by atoms with Gasteiger partial charge in [0.2, 0.25) is 5.91 Å². The monoisotopic (exact) mass is 332 g/mol. The number of nitrogens with one attached hydrogen (secondary N) is 1. The summed E-state index contributed by atoms with van der Waals surface area (Å²) in [7, 11) is 0. The van der Waals surface area contributed by atoms with Crippen LogP contribution in [0.2, 0.25) is 0 Å². The van der Waals surface area contributed by atoms with Crippen LogP contribution in [0.3, 0.4) is 0 Å². The summed E-state index contributed by atoms with van der Waals surface area (Å²) in [6, 6.07) is 2.12. The maximum absolute atomic E-state index is 12.1. The van der Waals surface area contributed by atoms with Gasteiger partial charge >= 0.3 is 0 Å². The zero-order chi connectivity index (χ0) is 17.7. The summed E-state index contributed by atoms with van der Waals surface area (Å²) in [6.45, 7) is 13.2. The van der Waals surface area contributed by atoms with Gasteiger partial charge in [-0.1, -0.05) is 34.6 Å². The fourth-order valence-corrected chi connectivity index (χ4v) is 2.95. The first-order valence-corrected chi connectivity index (χ1v) is 9.33. The molecule has 1 N–H and O–H groups in total. The van der Waals surface area contributed by atoms with E-state index in [-0.39, 0.29) is 11.8 Å². The van der Waals surface area contributed by atoms with Gasteiger partial charge in [0.25, 0.3) is 0 Å². The van der Waals surface area contributed by atoms with Crippen LogP contribution in [0.25, 0.3) is 0 Å². The number of carbonyl (C=O) groups excluding carboxylic acids is 1. The van der Waals surface area contributed by atoms with Crippen LogP contribution < -0.4 is 10.2 Å². The van der Waals surface area contributed by atoms with Crippen LogP contribution in [-0.4, -0.2) is 35.5 Å². The van der Waals surface area contributed by atoms with Gasteiger partial charge in [-0.25, -0.2) is 9.97 Å². The first kappa shape index (κ1) is 18.7. The molecule has 0 bridgehead atoms. The van der Waals surface area contributed by atoms with E-state index in [0.717, 1.165) is 56.2 Å². The Labute approximate surface area is 146 Å². The number of piperidine rings is 1. The molecule has 1 amide bonds. The van der Waals surface area contributed by atoms with Gasteiger partial charge < -0.3 is 10.2 Å². The quantitative estimate of drug-likeness (QED) is 0.866. The highest BCUT2D eigenvalue weighted by Crippen LogP contribution is 2.26. The molecule has 0 unspecified atom stereocenters. The van der Waals surface area contributed by atoms with Crippen LogP contribution in [0.4, 0.5) is 5.82 Å². The molecule has 2 rings (SSSR count). The fraction of sp³-hybridized carbons (Fsp3) is 0.737. The Balaban J connectivity index is 2.07. The van der Waals surface area contributed by atoms with Crippen molar-refractivity contribution in [2.24, 2.45) is 5.92 Å². The van der Waals surface area contributed by atoms with E-state index >= 15 is 0 Å². The van der Waals surface area contributed by atoms with Crippen molar-refractivity contribution in [1.82, 2.24) is 15.3 Å². The number of amides is 1. The molecule has 1 fully saturated rings. The number of aromatic nitrogens is 2. The van der Waals surface area contributed by atoms with E-state index in [2.05, 4.69) is 50.9 Å². The van der Waals surface area contributed by atoms with Crippen molar-refractivity contribution in [2.75, 3.05) is 24.5 Å². The summed E-state index contributed by atoms with van der Waals surface area (Å²) >= 11 is 0. The third kappa shape index (κ3) is 4.68. The predicted molar refractivity (Wildman–Crippen MR) is 98.4 cm³/mol. The average molecular weight is 332 g/mol. The van der Waals surface area contributed by atoms with Crippen molar-refractivity contribution in [2.45, 2.75) is 65.7 Å². The summed E-state index contributed by atoms with van der Waals surface area (Å²) in [6.07, 6.45) is 2.78. The molecular weight excluding hydrogens is 300 g/mol. The molecule has 0 aromatic carbocycles. The lowest BCUT2D eigenvalue weighted by molar-refractivity contribution is -0.125. The molecule has 1 aliphatic rings. The first-order valence-electron chi connectivity index (χ1n) is 9.33. The van der Waals surface area contributed by atoms with Crippen molar-refractivity contribution in [3.8, 4) is 0 Å². The van der Waals surface area contributed by atoms with Gasteiger partial charge in [0.1, 0.15) is 11.6 Å². The van der Waals surface area contributed by atoms with Gasteiger partial charge in [0, 0.05) is 43.2 Å². The summed E-state index contributed by atoms with van der Waals surface area (Å²) in [4.78, 5) is 23.9. The Morgan fingerprint density at radius 1 is 1.21 bits per heavy atom. The minimum absolute atomic E-state index is 0.142. The van der Waals surface area contributed by atoms with Crippen molar-refractivity contribution < 1.29 is 4.79 Å². The molecular formula is C19H32N4O. The lowest BCUT2D eigenvalue weighted by Crippen LogP contribution is -2.41. The highest BCUT2D eigenvalue weighted by molar-refractivity contribution is 5.78. The van der Waals surface area contributed by atoms with E-state index < -0.39 is 0 Å². The average Bonchev–Trinajstić information content (AvgIpc) is 2.59. The van der Waals surface area contributed by atoms with Crippen LogP contribution in [0.5, 0.6) is 0 Å². The minimum atomic E-state index is 0.142. The molecule has 134 valence electrons. The van der Waals surface area contributed by atoms with E-state index in [0.29, 0.717) is 11.8 Å². The van der Waals surface area contributed by atoms with E-state index in [1.54, 1.807) is 0 Å². The zero-order valence-electron chi connectivity index (χ0n) is 15.8. The molecule has 24 heavy (non-hydrogen) atoms. The van der Waals surface area contributed by atoms with Crippen molar-refractivity contribution in [1.29, 1.82) is 0 Å². The molecule has 1 aromatic heterocycles. The predicted octanol–water partition coefficient (Wildman–Crippen LogP) is 3.47. The van der Waals surface area contributed by atoms with Crippen molar-refractivity contribution in [3.05, 3.63) is 17.6 Å². The van der Waals surface area contributed by atoms with Gasteiger partial charge in [-0.15, -0.1) is 0 Å². The Bertz CT molecular complexity index is 522. The molecule has 1 aliphatic heterocycles. The third-order valence-corrected chi connectivity index (χ3v) is 4.60. The number of nitrogens with zero attached hydrogens (tertiary/aromatic N) is 3. The van der Waals surface area contributed by atoms with Gasteiger partial charge in [-0.3, -0.25) is 4.79 Å². The molecule has 0 atom stereocenters. The van der Waals surface area contributed by atoms with Crippen LogP contribution in [-0.2, 0) is 4.79 Å². The maximum Gasteiger partial charge on any atom is 0.223 e. The second-order valence-corrected chi connectivity index (χ2v) is 7.37. The maximum atomic E-state index is 12.1. The second-order valence-electron chi connectivity index (χ2n) is 7.37. The van der Waals surface area contributed by atoms with Crippen LogP contribution >= 0.6 is 0 Å². The lowest BCUT2D eigenvalue weighted by atomic mass is 9.95. The molecule has 1 aromatic rings. The Morgan fingerprint density at radius 2 is 1.88 bits per heavy atom. The Morgan fingerprint density at radius 3 is 2.42 bits per heavy atom. The highest BCUT2D eigenvalue weighted by atomic mass is 16.1. The Kier molecular flexibility index (Phi) is 6.58. The topological polar surface area (TPSA) is 58.1 Å². The van der Waals surface area contributed by atoms with Crippen LogP contribution in [0, 0.1) is 5.92 Å². The number of anilines is 1. The van der Waals surface area contributed by atoms with E-state index in [9.17, 15) is 4.79 Å². The number of carbonyl (C=O) groups is 1. The third-order valence-electron chi connectivity index (χ3n) is 4.60. The summed E-state index contributed by atoms with van der Waals surface area (Å²) < 4.78 is 0. The molecule has 0 spiro atoms. The number of hydrogen-bond donors (Lipinski definition) is 1. The van der Waals surface area contributed by atoms with Gasteiger partial charge in [0.05, 0.1) is 0 Å². The van der Waals surface area contributed by atoms with Crippen LogP contribution in [0.1, 0.15) is 77.2 Å². The van der Waals surface area contributed by atoms with Gasteiger partial charge in [0.15, 0.2) is 0 Å².